The summed E-state index contributed by atoms with van der Waals surface area (Å²) < 4.78 is 5.52. The SMILES string of the molecule is Cl.N[C@H]1CCc2nc(NC(=O)CCC3CCCO3)sc2C1. The molecular formula is C14H22ClN3O2S. The number of carbonyl (C=O) groups excluding carboxylic acids is 1. The molecule has 2 aliphatic rings. The van der Waals surface area contributed by atoms with Crippen LogP contribution in [0.1, 0.15) is 42.7 Å². The van der Waals surface area contributed by atoms with Gasteiger partial charge in [-0.1, -0.05) is 0 Å². The number of aromatic nitrogens is 1. The molecule has 3 N–H and O–H groups in total. The summed E-state index contributed by atoms with van der Waals surface area (Å²) in [4.78, 5) is 17.7. The minimum Gasteiger partial charge on any atom is -0.378 e. The molecule has 1 aromatic rings. The van der Waals surface area contributed by atoms with E-state index in [1.807, 2.05) is 0 Å². The lowest BCUT2D eigenvalue weighted by atomic mass is 9.99. The number of thiazole rings is 1. The van der Waals surface area contributed by atoms with Crippen LogP contribution >= 0.6 is 23.7 Å². The van der Waals surface area contributed by atoms with Gasteiger partial charge in [0.05, 0.1) is 11.8 Å². The highest BCUT2D eigenvalue weighted by atomic mass is 35.5. The van der Waals surface area contributed by atoms with Gasteiger partial charge in [-0.3, -0.25) is 4.79 Å². The van der Waals surface area contributed by atoms with Gasteiger partial charge in [0.25, 0.3) is 0 Å². The number of hydrogen-bond acceptors (Lipinski definition) is 5. The first-order valence-corrected chi connectivity index (χ1v) is 8.18. The topological polar surface area (TPSA) is 77.2 Å². The van der Waals surface area contributed by atoms with Gasteiger partial charge >= 0.3 is 0 Å². The van der Waals surface area contributed by atoms with Crippen LogP contribution in [-0.4, -0.2) is 29.6 Å². The summed E-state index contributed by atoms with van der Waals surface area (Å²) in [5.74, 6) is 0.0379. The number of anilines is 1. The lowest BCUT2D eigenvalue weighted by Crippen LogP contribution is -2.27. The molecule has 5 nitrogen and oxygen atoms in total. The van der Waals surface area contributed by atoms with E-state index in [1.165, 1.54) is 4.88 Å². The molecule has 1 amide bonds. The van der Waals surface area contributed by atoms with Gasteiger partial charge in [-0.25, -0.2) is 4.98 Å². The standard InChI is InChI=1S/C14H21N3O2S.ClH/c15-9-3-5-11-12(8-9)20-14(16-11)17-13(18)6-4-10-2-1-7-19-10;/h9-10H,1-8,15H2,(H,16,17,18);1H/t9-,10?;/m0./s1. The van der Waals surface area contributed by atoms with Crippen molar-refractivity contribution in [3.8, 4) is 0 Å². The number of nitrogens with two attached hydrogens (primary N) is 1. The van der Waals surface area contributed by atoms with Crippen LogP contribution in [0, 0.1) is 0 Å². The number of amides is 1. The van der Waals surface area contributed by atoms with Gasteiger partial charge in [-0.15, -0.1) is 23.7 Å². The Hall–Kier alpha value is -0.690. The van der Waals surface area contributed by atoms with E-state index in [0.717, 1.165) is 56.0 Å². The summed E-state index contributed by atoms with van der Waals surface area (Å²) >= 11 is 1.57. The number of carbonyl (C=O) groups is 1. The molecule has 118 valence electrons. The van der Waals surface area contributed by atoms with Crippen LogP contribution in [0.4, 0.5) is 5.13 Å². The lowest BCUT2D eigenvalue weighted by molar-refractivity contribution is -0.116. The van der Waals surface area contributed by atoms with Gasteiger partial charge in [-0.2, -0.15) is 0 Å². The van der Waals surface area contributed by atoms with Crippen molar-refractivity contribution in [2.45, 2.75) is 57.1 Å². The molecule has 3 rings (SSSR count). The fraction of sp³-hybridized carbons (Fsp3) is 0.714. The zero-order valence-corrected chi connectivity index (χ0v) is 13.6. The maximum Gasteiger partial charge on any atom is 0.226 e. The van der Waals surface area contributed by atoms with E-state index in [-0.39, 0.29) is 30.5 Å². The van der Waals surface area contributed by atoms with Crippen molar-refractivity contribution in [2.24, 2.45) is 5.73 Å². The van der Waals surface area contributed by atoms with E-state index in [9.17, 15) is 4.79 Å². The Morgan fingerprint density at radius 1 is 1.48 bits per heavy atom. The summed E-state index contributed by atoms with van der Waals surface area (Å²) in [5.41, 5.74) is 7.07. The van der Waals surface area contributed by atoms with Crippen molar-refractivity contribution in [2.75, 3.05) is 11.9 Å². The van der Waals surface area contributed by atoms with Crippen LogP contribution < -0.4 is 11.1 Å². The minimum absolute atomic E-state index is 0. The molecule has 2 heterocycles. The molecule has 1 aliphatic heterocycles. The monoisotopic (exact) mass is 331 g/mol. The van der Waals surface area contributed by atoms with Gasteiger partial charge in [0.2, 0.25) is 5.91 Å². The van der Waals surface area contributed by atoms with Gasteiger partial charge in [-0.05, 0) is 38.5 Å². The van der Waals surface area contributed by atoms with E-state index in [4.69, 9.17) is 10.5 Å². The molecule has 1 fully saturated rings. The second kappa shape index (κ2) is 7.54. The average molecular weight is 332 g/mol. The Bertz CT molecular complexity index is 489. The van der Waals surface area contributed by atoms with Crippen molar-refractivity contribution in [3.05, 3.63) is 10.6 Å². The molecule has 1 saturated heterocycles. The third-order valence-corrected chi connectivity index (χ3v) is 4.98. The fourth-order valence-corrected chi connectivity index (χ4v) is 3.92. The van der Waals surface area contributed by atoms with Crippen LogP contribution in [0.2, 0.25) is 0 Å². The number of halogens is 1. The van der Waals surface area contributed by atoms with E-state index >= 15 is 0 Å². The van der Waals surface area contributed by atoms with Crippen molar-refractivity contribution in [1.29, 1.82) is 0 Å². The number of fused-ring (bicyclic) bond motifs is 1. The Labute approximate surface area is 135 Å². The fourth-order valence-electron chi connectivity index (χ4n) is 2.80. The van der Waals surface area contributed by atoms with E-state index in [2.05, 4.69) is 10.3 Å². The molecular weight excluding hydrogens is 310 g/mol. The molecule has 0 aromatic carbocycles. The van der Waals surface area contributed by atoms with Crippen LogP contribution in [0.5, 0.6) is 0 Å². The lowest BCUT2D eigenvalue weighted by Gasteiger charge is -2.15. The molecule has 0 radical (unpaired) electrons. The zero-order chi connectivity index (χ0) is 13.9. The van der Waals surface area contributed by atoms with Gasteiger partial charge in [0.15, 0.2) is 5.13 Å². The van der Waals surface area contributed by atoms with Gasteiger partial charge in [0, 0.05) is 23.9 Å². The second-order valence-corrected chi connectivity index (χ2v) is 6.70. The highest BCUT2D eigenvalue weighted by molar-refractivity contribution is 7.15. The summed E-state index contributed by atoms with van der Waals surface area (Å²) in [7, 11) is 0. The van der Waals surface area contributed by atoms with Crippen LogP contribution in [-0.2, 0) is 22.4 Å². The van der Waals surface area contributed by atoms with Crippen LogP contribution in [0.3, 0.4) is 0 Å². The number of hydrogen-bond donors (Lipinski definition) is 2. The molecule has 7 heteroatoms. The number of nitrogens with one attached hydrogen (secondary N) is 1. The Kier molecular flexibility index (Phi) is 5.98. The number of rotatable bonds is 4. The number of aryl methyl sites for hydroxylation is 1. The largest absolute Gasteiger partial charge is 0.378 e. The molecule has 2 atom stereocenters. The van der Waals surface area contributed by atoms with Gasteiger partial charge in [0.1, 0.15) is 0 Å². The van der Waals surface area contributed by atoms with Crippen molar-refractivity contribution in [3.63, 3.8) is 0 Å². The highest BCUT2D eigenvalue weighted by Crippen LogP contribution is 2.29. The van der Waals surface area contributed by atoms with E-state index < -0.39 is 0 Å². The second-order valence-electron chi connectivity index (χ2n) is 5.61. The molecule has 21 heavy (non-hydrogen) atoms. The smallest absolute Gasteiger partial charge is 0.226 e. The predicted octanol–water partition coefficient (Wildman–Crippen LogP) is 2.28. The highest BCUT2D eigenvalue weighted by Gasteiger charge is 2.21. The normalized spacial score (nSPS) is 24.2. The minimum atomic E-state index is 0. The third kappa shape index (κ3) is 4.39. The maximum absolute atomic E-state index is 11.9. The number of ether oxygens (including phenoxy) is 1. The molecule has 0 saturated carbocycles. The average Bonchev–Trinajstić information content (AvgIpc) is 3.04. The van der Waals surface area contributed by atoms with Crippen LogP contribution in [0.15, 0.2) is 0 Å². The molecule has 0 spiro atoms. The van der Waals surface area contributed by atoms with E-state index in [1.54, 1.807) is 11.3 Å². The van der Waals surface area contributed by atoms with Crippen molar-refractivity contribution < 1.29 is 9.53 Å². The Morgan fingerprint density at radius 2 is 2.33 bits per heavy atom. The van der Waals surface area contributed by atoms with Crippen LogP contribution in [0.25, 0.3) is 0 Å². The van der Waals surface area contributed by atoms with Crippen molar-refractivity contribution >= 4 is 34.8 Å². The molecule has 1 unspecified atom stereocenters. The summed E-state index contributed by atoms with van der Waals surface area (Å²) in [5, 5.41) is 3.63. The summed E-state index contributed by atoms with van der Waals surface area (Å²) in [6.45, 7) is 0.839. The quantitative estimate of drug-likeness (QED) is 0.887. The first kappa shape index (κ1) is 16.7. The first-order chi connectivity index (χ1) is 9.70. The predicted molar refractivity (Wildman–Crippen MR) is 86.2 cm³/mol. The molecule has 1 aromatic heterocycles. The summed E-state index contributed by atoms with van der Waals surface area (Å²) in [6, 6.07) is 0.242. The first-order valence-electron chi connectivity index (χ1n) is 7.36. The maximum atomic E-state index is 11.9. The zero-order valence-electron chi connectivity index (χ0n) is 12.0. The van der Waals surface area contributed by atoms with Gasteiger partial charge < -0.3 is 15.8 Å². The molecule has 0 bridgehead atoms. The van der Waals surface area contributed by atoms with E-state index in [0.29, 0.717) is 6.42 Å². The van der Waals surface area contributed by atoms with Crippen molar-refractivity contribution in [1.82, 2.24) is 4.98 Å². The Morgan fingerprint density at radius 3 is 3.10 bits per heavy atom. The number of nitrogens with zero attached hydrogens (tertiary/aromatic N) is 1. The molecule has 1 aliphatic carbocycles. The summed E-state index contributed by atoms with van der Waals surface area (Å²) in [6.07, 6.45) is 6.59. The third-order valence-electron chi connectivity index (χ3n) is 3.94. The Balaban J connectivity index is 0.00000161.